The summed E-state index contributed by atoms with van der Waals surface area (Å²) in [7, 11) is 4.33. The fourth-order valence-electron chi connectivity index (χ4n) is 2.71. The van der Waals surface area contributed by atoms with Crippen LogP contribution in [0.3, 0.4) is 0 Å². The molecule has 0 saturated heterocycles. The van der Waals surface area contributed by atoms with Crippen molar-refractivity contribution in [3.63, 3.8) is 0 Å². The van der Waals surface area contributed by atoms with Crippen LogP contribution < -0.4 is 5.32 Å². The summed E-state index contributed by atoms with van der Waals surface area (Å²) in [5, 5.41) is 3.65. The molecule has 1 N–H and O–H groups in total. The molecule has 0 spiro atoms. The van der Waals surface area contributed by atoms with Crippen molar-refractivity contribution in [2.75, 3.05) is 53.4 Å². The van der Waals surface area contributed by atoms with E-state index in [9.17, 15) is 0 Å². The highest BCUT2D eigenvalue weighted by Gasteiger charge is 2.28. The highest BCUT2D eigenvalue weighted by atomic mass is 15.2. The summed E-state index contributed by atoms with van der Waals surface area (Å²) in [6.45, 7) is 16.4. The van der Waals surface area contributed by atoms with Gasteiger partial charge in [0, 0.05) is 26.2 Å². The van der Waals surface area contributed by atoms with Gasteiger partial charge < -0.3 is 15.1 Å². The first-order chi connectivity index (χ1) is 9.53. The van der Waals surface area contributed by atoms with E-state index < -0.39 is 0 Å². The van der Waals surface area contributed by atoms with Gasteiger partial charge in [0.05, 0.1) is 0 Å². The van der Waals surface area contributed by atoms with E-state index >= 15 is 0 Å². The molecule has 0 unspecified atom stereocenters. The smallest absolute Gasteiger partial charge is 0.0109 e. The maximum Gasteiger partial charge on any atom is 0.0109 e. The van der Waals surface area contributed by atoms with Crippen molar-refractivity contribution in [1.82, 2.24) is 15.1 Å². The number of hydrogen-bond donors (Lipinski definition) is 1. The van der Waals surface area contributed by atoms with E-state index in [4.69, 9.17) is 0 Å². The topological polar surface area (TPSA) is 18.5 Å². The van der Waals surface area contributed by atoms with Crippen LogP contribution in [0.25, 0.3) is 0 Å². The normalized spacial score (nSPS) is 12.6. The fraction of sp³-hybridized carbons (Fsp3) is 1.00. The first-order valence-electron chi connectivity index (χ1n) is 8.61. The third-order valence-corrected chi connectivity index (χ3v) is 4.39. The van der Waals surface area contributed by atoms with E-state index in [-0.39, 0.29) is 0 Å². The van der Waals surface area contributed by atoms with E-state index in [1.807, 2.05) is 0 Å². The van der Waals surface area contributed by atoms with Crippen molar-refractivity contribution >= 4 is 0 Å². The number of nitrogens with zero attached hydrogens (tertiary/aromatic N) is 2. The first-order valence-corrected chi connectivity index (χ1v) is 8.61. The van der Waals surface area contributed by atoms with Crippen LogP contribution in [-0.2, 0) is 0 Å². The SMILES string of the molecule is CCCNCC(CC)(CC)CN(CCC)CCN(C)C. The minimum Gasteiger partial charge on any atom is -0.316 e. The Morgan fingerprint density at radius 1 is 0.850 bits per heavy atom. The summed E-state index contributed by atoms with van der Waals surface area (Å²) in [6, 6.07) is 0. The van der Waals surface area contributed by atoms with Gasteiger partial charge in [0.15, 0.2) is 0 Å². The van der Waals surface area contributed by atoms with Crippen molar-refractivity contribution in [2.24, 2.45) is 5.41 Å². The number of rotatable bonds is 13. The Morgan fingerprint density at radius 3 is 1.95 bits per heavy atom. The highest BCUT2D eigenvalue weighted by molar-refractivity contribution is 4.83. The van der Waals surface area contributed by atoms with E-state index in [2.05, 4.69) is 56.9 Å². The molecule has 20 heavy (non-hydrogen) atoms. The van der Waals surface area contributed by atoms with Crippen LogP contribution in [0.15, 0.2) is 0 Å². The number of nitrogens with one attached hydrogen (secondary N) is 1. The van der Waals surface area contributed by atoms with Gasteiger partial charge in [-0.3, -0.25) is 0 Å². The van der Waals surface area contributed by atoms with Crippen LogP contribution in [-0.4, -0.2) is 63.2 Å². The molecule has 3 nitrogen and oxygen atoms in total. The molecule has 3 heteroatoms. The molecular weight excluding hydrogens is 246 g/mol. The molecule has 0 heterocycles. The molecule has 0 rings (SSSR count). The largest absolute Gasteiger partial charge is 0.316 e. The van der Waals surface area contributed by atoms with Crippen molar-refractivity contribution < 1.29 is 0 Å². The zero-order valence-electron chi connectivity index (χ0n) is 15.0. The Balaban J connectivity index is 4.53. The minimum absolute atomic E-state index is 0.441. The Bertz CT molecular complexity index is 212. The molecule has 0 aliphatic rings. The Kier molecular flexibility index (Phi) is 11.5. The molecule has 122 valence electrons. The van der Waals surface area contributed by atoms with Crippen LogP contribution in [0.5, 0.6) is 0 Å². The second-order valence-electron chi connectivity index (χ2n) is 6.46. The molecule has 0 atom stereocenters. The van der Waals surface area contributed by atoms with Crippen LogP contribution in [0.2, 0.25) is 0 Å². The van der Waals surface area contributed by atoms with Gasteiger partial charge in [-0.1, -0.05) is 27.7 Å². The minimum atomic E-state index is 0.441. The lowest BCUT2D eigenvalue weighted by atomic mass is 9.81. The van der Waals surface area contributed by atoms with Gasteiger partial charge in [0.2, 0.25) is 0 Å². The zero-order valence-corrected chi connectivity index (χ0v) is 15.0. The lowest BCUT2D eigenvalue weighted by Gasteiger charge is -2.38. The van der Waals surface area contributed by atoms with E-state index in [1.54, 1.807) is 0 Å². The third-order valence-electron chi connectivity index (χ3n) is 4.39. The van der Waals surface area contributed by atoms with Crippen molar-refractivity contribution in [3.8, 4) is 0 Å². The molecule has 0 saturated carbocycles. The quantitative estimate of drug-likeness (QED) is 0.525. The van der Waals surface area contributed by atoms with Crippen molar-refractivity contribution in [2.45, 2.75) is 53.4 Å². The van der Waals surface area contributed by atoms with Gasteiger partial charge >= 0.3 is 0 Å². The van der Waals surface area contributed by atoms with Crippen LogP contribution in [0.4, 0.5) is 0 Å². The summed E-state index contributed by atoms with van der Waals surface area (Å²) < 4.78 is 0. The van der Waals surface area contributed by atoms with E-state index in [0.717, 1.165) is 19.6 Å². The summed E-state index contributed by atoms with van der Waals surface area (Å²) in [4.78, 5) is 4.96. The van der Waals surface area contributed by atoms with Gasteiger partial charge in [-0.2, -0.15) is 0 Å². The monoisotopic (exact) mass is 285 g/mol. The molecule has 0 aromatic heterocycles. The molecule has 0 radical (unpaired) electrons. The lowest BCUT2D eigenvalue weighted by molar-refractivity contribution is 0.127. The number of hydrogen-bond acceptors (Lipinski definition) is 3. The highest BCUT2D eigenvalue weighted by Crippen LogP contribution is 2.27. The summed E-state index contributed by atoms with van der Waals surface area (Å²) in [6.07, 6.45) is 5.01. The lowest BCUT2D eigenvalue weighted by Crippen LogP contribution is -2.45. The van der Waals surface area contributed by atoms with Gasteiger partial charge in [-0.25, -0.2) is 0 Å². The first kappa shape index (κ1) is 19.9. The van der Waals surface area contributed by atoms with Gasteiger partial charge in [-0.15, -0.1) is 0 Å². The van der Waals surface area contributed by atoms with Crippen molar-refractivity contribution in [1.29, 1.82) is 0 Å². The molecule has 0 amide bonds. The van der Waals surface area contributed by atoms with Crippen LogP contribution >= 0.6 is 0 Å². The predicted molar refractivity (Wildman–Crippen MR) is 91.5 cm³/mol. The average molecular weight is 286 g/mol. The van der Waals surface area contributed by atoms with Crippen molar-refractivity contribution in [3.05, 3.63) is 0 Å². The van der Waals surface area contributed by atoms with E-state index in [0.29, 0.717) is 5.41 Å². The maximum absolute atomic E-state index is 3.65. The zero-order chi connectivity index (χ0) is 15.4. The second-order valence-corrected chi connectivity index (χ2v) is 6.46. The van der Waals surface area contributed by atoms with Crippen LogP contribution in [0.1, 0.15) is 53.4 Å². The Labute approximate surface area is 128 Å². The molecular formula is C17H39N3. The summed E-state index contributed by atoms with van der Waals surface area (Å²) in [5.74, 6) is 0. The fourth-order valence-corrected chi connectivity index (χ4v) is 2.71. The van der Waals surface area contributed by atoms with E-state index in [1.165, 1.54) is 45.3 Å². The molecule has 0 aliphatic carbocycles. The van der Waals surface area contributed by atoms with Gasteiger partial charge in [0.25, 0.3) is 0 Å². The van der Waals surface area contributed by atoms with Gasteiger partial charge in [0.1, 0.15) is 0 Å². The maximum atomic E-state index is 3.65. The summed E-state index contributed by atoms with van der Waals surface area (Å²) >= 11 is 0. The molecule has 0 aromatic carbocycles. The molecule has 0 aromatic rings. The van der Waals surface area contributed by atoms with Gasteiger partial charge in [-0.05, 0) is 58.3 Å². The second kappa shape index (κ2) is 11.5. The third kappa shape index (κ3) is 8.23. The predicted octanol–water partition coefficient (Wildman–Crippen LogP) is 3.07. The standard InChI is InChI=1S/C17H39N3/c1-7-11-18-15-17(9-3,10-4)16-20(12-8-2)14-13-19(5)6/h18H,7-16H2,1-6H3. The Hall–Kier alpha value is -0.120. The molecule has 0 bridgehead atoms. The number of likely N-dealkylation sites (N-methyl/N-ethyl adjacent to an activating group) is 1. The molecule has 0 aliphatic heterocycles. The average Bonchev–Trinajstić information content (AvgIpc) is 2.44. The Morgan fingerprint density at radius 2 is 1.50 bits per heavy atom. The summed E-state index contributed by atoms with van der Waals surface area (Å²) in [5.41, 5.74) is 0.441. The molecule has 0 fully saturated rings. The van der Waals surface area contributed by atoms with Crippen LogP contribution in [0, 0.1) is 5.41 Å².